The molecule has 0 bridgehead atoms. The molecule has 0 aliphatic heterocycles. The molecule has 0 fully saturated rings. The molecule has 1 aliphatic carbocycles. The summed E-state index contributed by atoms with van der Waals surface area (Å²) in [6.45, 7) is 0.435. The second-order valence-corrected chi connectivity index (χ2v) is 6.12. The number of nitrogens with one attached hydrogen (secondary N) is 1. The molecule has 0 aromatic heterocycles. The molecule has 0 unspecified atom stereocenters. The Morgan fingerprint density at radius 2 is 1.89 bits per heavy atom. The number of benzene rings is 2. The molecule has 0 radical (unpaired) electrons. The first-order chi connectivity index (χ1) is 13.2. The highest BCUT2D eigenvalue weighted by Crippen LogP contribution is 2.19. The van der Waals surface area contributed by atoms with Crippen molar-refractivity contribution in [3.05, 3.63) is 89.1 Å². The fourth-order valence-electron chi connectivity index (χ4n) is 2.75. The number of esters is 1. The smallest absolute Gasteiger partial charge is 0.337 e. The SMILES string of the molecule is COC(=O)C1=CCCC(NC(=O)c2cccc(OCc3ccccc3)c2)=C1. The number of hydrogen-bond donors (Lipinski definition) is 1. The van der Waals surface area contributed by atoms with E-state index in [1.807, 2.05) is 36.4 Å². The van der Waals surface area contributed by atoms with Crippen LogP contribution >= 0.6 is 0 Å². The van der Waals surface area contributed by atoms with Crippen molar-refractivity contribution in [3.63, 3.8) is 0 Å². The van der Waals surface area contributed by atoms with Gasteiger partial charge in [0.15, 0.2) is 0 Å². The van der Waals surface area contributed by atoms with Crippen LogP contribution in [0.15, 0.2) is 78.0 Å². The minimum atomic E-state index is -0.405. The Labute approximate surface area is 158 Å². The maximum Gasteiger partial charge on any atom is 0.337 e. The van der Waals surface area contributed by atoms with E-state index in [1.54, 1.807) is 30.4 Å². The average molecular weight is 363 g/mol. The minimum absolute atomic E-state index is 0.238. The van der Waals surface area contributed by atoms with Gasteiger partial charge in [0, 0.05) is 11.3 Å². The van der Waals surface area contributed by atoms with Crippen molar-refractivity contribution in [2.24, 2.45) is 0 Å². The fourth-order valence-corrected chi connectivity index (χ4v) is 2.75. The molecule has 0 saturated carbocycles. The van der Waals surface area contributed by atoms with Gasteiger partial charge in [0.2, 0.25) is 0 Å². The Morgan fingerprint density at radius 1 is 1.07 bits per heavy atom. The predicted octanol–water partition coefficient (Wildman–Crippen LogP) is 3.77. The summed E-state index contributed by atoms with van der Waals surface area (Å²) in [5, 5.41) is 2.86. The molecule has 0 spiro atoms. The van der Waals surface area contributed by atoms with Gasteiger partial charge in [-0.1, -0.05) is 42.5 Å². The van der Waals surface area contributed by atoms with Crippen molar-refractivity contribution in [2.45, 2.75) is 19.4 Å². The van der Waals surface area contributed by atoms with Gasteiger partial charge in [0.05, 0.1) is 12.7 Å². The summed E-state index contributed by atoms with van der Waals surface area (Å²) < 4.78 is 10.5. The van der Waals surface area contributed by atoms with E-state index in [-0.39, 0.29) is 5.91 Å². The van der Waals surface area contributed by atoms with E-state index in [0.29, 0.717) is 42.0 Å². The summed E-state index contributed by atoms with van der Waals surface area (Å²) in [6, 6.07) is 16.9. The van der Waals surface area contributed by atoms with Crippen molar-refractivity contribution >= 4 is 11.9 Å². The van der Waals surface area contributed by atoms with Crippen molar-refractivity contribution in [1.29, 1.82) is 0 Å². The topological polar surface area (TPSA) is 64.6 Å². The third-order valence-electron chi connectivity index (χ3n) is 4.15. The lowest BCUT2D eigenvalue weighted by Crippen LogP contribution is -2.24. The van der Waals surface area contributed by atoms with E-state index in [9.17, 15) is 9.59 Å². The molecule has 0 saturated heterocycles. The van der Waals surface area contributed by atoms with Gasteiger partial charge in [-0.25, -0.2) is 4.79 Å². The highest BCUT2D eigenvalue weighted by atomic mass is 16.5. The number of methoxy groups -OCH3 is 1. The van der Waals surface area contributed by atoms with Gasteiger partial charge >= 0.3 is 5.97 Å². The molecule has 0 atom stereocenters. The molecule has 27 heavy (non-hydrogen) atoms. The summed E-state index contributed by atoms with van der Waals surface area (Å²) in [4.78, 5) is 24.2. The maximum absolute atomic E-state index is 12.5. The van der Waals surface area contributed by atoms with E-state index in [0.717, 1.165) is 5.56 Å². The lowest BCUT2D eigenvalue weighted by molar-refractivity contribution is -0.135. The lowest BCUT2D eigenvalue weighted by atomic mass is 10.0. The van der Waals surface area contributed by atoms with Gasteiger partial charge in [-0.15, -0.1) is 0 Å². The molecule has 138 valence electrons. The van der Waals surface area contributed by atoms with Gasteiger partial charge in [-0.3, -0.25) is 4.79 Å². The second kappa shape index (κ2) is 8.85. The van der Waals surface area contributed by atoms with E-state index >= 15 is 0 Å². The van der Waals surface area contributed by atoms with E-state index in [1.165, 1.54) is 7.11 Å². The van der Waals surface area contributed by atoms with Crippen LogP contribution < -0.4 is 10.1 Å². The van der Waals surface area contributed by atoms with Gasteiger partial charge in [0.25, 0.3) is 5.91 Å². The van der Waals surface area contributed by atoms with Gasteiger partial charge < -0.3 is 14.8 Å². The minimum Gasteiger partial charge on any atom is -0.489 e. The van der Waals surface area contributed by atoms with E-state index in [2.05, 4.69) is 5.32 Å². The first kappa shape index (κ1) is 18.5. The number of rotatable bonds is 6. The van der Waals surface area contributed by atoms with Crippen LogP contribution in [0.25, 0.3) is 0 Å². The zero-order valence-electron chi connectivity index (χ0n) is 15.1. The molecule has 3 rings (SSSR count). The van der Waals surface area contributed by atoms with Crippen molar-refractivity contribution in [1.82, 2.24) is 5.32 Å². The summed E-state index contributed by atoms with van der Waals surface area (Å²) in [7, 11) is 1.34. The molecule has 5 nitrogen and oxygen atoms in total. The number of ether oxygens (including phenoxy) is 2. The Morgan fingerprint density at radius 3 is 2.67 bits per heavy atom. The Balaban J connectivity index is 1.64. The average Bonchev–Trinajstić information content (AvgIpc) is 2.73. The highest BCUT2D eigenvalue weighted by molar-refractivity contribution is 5.96. The van der Waals surface area contributed by atoms with Crippen molar-refractivity contribution in [2.75, 3.05) is 7.11 Å². The maximum atomic E-state index is 12.5. The third-order valence-corrected chi connectivity index (χ3v) is 4.15. The summed E-state index contributed by atoms with van der Waals surface area (Å²) in [5.74, 6) is -0.0189. The molecular formula is C22H21NO4. The van der Waals surface area contributed by atoms with Crippen LogP contribution in [0, 0.1) is 0 Å². The highest BCUT2D eigenvalue weighted by Gasteiger charge is 2.15. The van der Waals surface area contributed by atoms with Crippen LogP contribution in [0.4, 0.5) is 0 Å². The van der Waals surface area contributed by atoms with Crippen molar-refractivity contribution in [3.8, 4) is 5.75 Å². The van der Waals surface area contributed by atoms with Crippen LogP contribution in [0.2, 0.25) is 0 Å². The second-order valence-electron chi connectivity index (χ2n) is 6.12. The zero-order valence-corrected chi connectivity index (χ0v) is 15.1. The number of allylic oxidation sites excluding steroid dienone is 2. The standard InChI is InChI=1S/C22H21NO4/c1-26-22(25)18-10-5-11-19(13-18)23-21(24)17-9-6-12-20(14-17)27-15-16-7-3-2-4-8-16/h2-4,6-10,12-14H,5,11,15H2,1H3,(H,23,24). The fraction of sp³-hybridized carbons (Fsp3) is 0.182. The summed E-state index contributed by atoms with van der Waals surface area (Å²) in [6.07, 6.45) is 4.80. The van der Waals surface area contributed by atoms with Crippen LogP contribution in [-0.2, 0) is 16.1 Å². The normalized spacial score (nSPS) is 13.2. The number of carbonyl (C=O) groups excluding carboxylic acids is 2. The zero-order chi connectivity index (χ0) is 19.1. The first-order valence-electron chi connectivity index (χ1n) is 8.73. The molecule has 0 heterocycles. The van der Waals surface area contributed by atoms with Gasteiger partial charge in [-0.05, 0) is 42.7 Å². The van der Waals surface area contributed by atoms with E-state index < -0.39 is 5.97 Å². The predicted molar refractivity (Wildman–Crippen MR) is 102 cm³/mol. The molecule has 2 aromatic rings. The summed E-state index contributed by atoms with van der Waals surface area (Å²) >= 11 is 0. The molecule has 5 heteroatoms. The lowest BCUT2D eigenvalue weighted by Gasteiger charge is -2.14. The van der Waals surface area contributed by atoms with Crippen molar-refractivity contribution < 1.29 is 19.1 Å². The molecule has 1 aliphatic rings. The Bertz CT molecular complexity index is 884. The van der Waals surface area contributed by atoms with Crippen LogP contribution in [0.5, 0.6) is 5.75 Å². The number of carbonyl (C=O) groups is 2. The first-order valence-corrected chi connectivity index (χ1v) is 8.73. The van der Waals surface area contributed by atoms with E-state index in [4.69, 9.17) is 9.47 Å². The number of hydrogen-bond acceptors (Lipinski definition) is 4. The third kappa shape index (κ3) is 5.07. The van der Waals surface area contributed by atoms with Crippen LogP contribution in [0.3, 0.4) is 0 Å². The molecule has 2 aromatic carbocycles. The molecule has 1 N–H and O–H groups in total. The summed E-state index contributed by atoms with van der Waals surface area (Å²) in [5.41, 5.74) is 2.70. The largest absolute Gasteiger partial charge is 0.489 e. The van der Waals surface area contributed by atoms with Gasteiger partial charge in [-0.2, -0.15) is 0 Å². The van der Waals surface area contributed by atoms with Gasteiger partial charge in [0.1, 0.15) is 12.4 Å². The van der Waals surface area contributed by atoms with Crippen LogP contribution in [0.1, 0.15) is 28.8 Å². The molecule has 1 amide bonds. The monoisotopic (exact) mass is 363 g/mol. The van der Waals surface area contributed by atoms with Crippen LogP contribution in [-0.4, -0.2) is 19.0 Å². The number of amides is 1. The Kier molecular flexibility index (Phi) is 6.05. The quantitative estimate of drug-likeness (QED) is 0.794. The molecular weight excluding hydrogens is 342 g/mol. The Hall–Kier alpha value is -3.34.